The van der Waals surface area contributed by atoms with Gasteiger partial charge in [0, 0.05) is 16.1 Å². The van der Waals surface area contributed by atoms with Crippen LogP contribution in [0.25, 0.3) is 11.1 Å². The maximum atomic E-state index is 12.6. The first kappa shape index (κ1) is 21.5. The maximum Gasteiger partial charge on any atom is 0.341 e. The Hall–Kier alpha value is -3.23. The van der Waals surface area contributed by atoms with E-state index in [0.717, 1.165) is 16.0 Å². The molecule has 0 saturated heterocycles. The van der Waals surface area contributed by atoms with Gasteiger partial charge in [-0.25, -0.2) is 9.59 Å². The van der Waals surface area contributed by atoms with Gasteiger partial charge in [-0.1, -0.05) is 36.4 Å². The van der Waals surface area contributed by atoms with Crippen LogP contribution in [0.5, 0.6) is 0 Å². The summed E-state index contributed by atoms with van der Waals surface area (Å²) in [5, 5.41) is 6.98. The van der Waals surface area contributed by atoms with Gasteiger partial charge in [0.15, 0.2) is 5.11 Å². The Kier molecular flexibility index (Phi) is 6.81. The first-order valence-corrected chi connectivity index (χ1v) is 10.2. The molecular formula is C22H20N2O4S2. The van der Waals surface area contributed by atoms with E-state index in [1.807, 2.05) is 37.3 Å². The van der Waals surface area contributed by atoms with Crippen molar-refractivity contribution >= 4 is 51.3 Å². The van der Waals surface area contributed by atoms with Crippen LogP contribution in [0.2, 0.25) is 0 Å². The van der Waals surface area contributed by atoms with Crippen molar-refractivity contribution < 1.29 is 19.1 Å². The number of thiocarbonyl (C=S) groups is 1. The van der Waals surface area contributed by atoms with Gasteiger partial charge >= 0.3 is 11.9 Å². The smallest absolute Gasteiger partial charge is 0.341 e. The van der Waals surface area contributed by atoms with Crippen molar-refractivity contribution in [2.45, 2.75) is 6.92 Å². The van der Waals surface area contributed by atoms with Gasteiger partial charge in [-0.05, 0) is 42.9 Å². The second kappa shape index (κ2) is 9.51. The lowest BCUT2D eigenvalue weighted by atomic mass is 10.0. The standard InChI is InChI=1S/C22H20N2O4S2/c1-13-17(14-8-5-4-6-9-14)18(21(26)28-3)19(30-13)24-22(29)23-16-11-7-10-15(12-16)20(25)27-2/h4-12H,1-3H3,(H2,23,24,29). The van der Waals surface area contributed by atoms with Crippen molar-refractivity contribution in [1.82, 2.24) is 0 Å². The minimum atomic E-state index is -0.448. The average molecular weight is 441 g/mol. The van der Waals surface area contributed by atoms with Crippen molar-refractivity contribution in [2.75, 3.05) is 24.9 Å². The molecular weight excluding hydrogens is 420 g/mol. The summed E-state index contributed by atoms with van der Waals surface area (Å²) in [5.41, 5.74) is 3.18. The zero-order valence-corrected chi connectivity index (χ0v) is 18.3. The molecule has 0 aliphatic carbocycles. The third-order valence-electron chi connectivity index (χ3n) is 4.30. The van der Waals surface area contributed by atoms with Gasteiger partial charge in [0.2, 0.25) is 0 Å². The highest BCUT2D eigenvalue weighted by molar-refractivity contribution is 7.80. The molecule has 1 aromatic heterocycles. The molecule has 0 fully saturated rings. The van der Waals surface area contributed by atoms with E-state index in [1.165, 1.54) is 25.6 Å². The van der Waals surface area contributed by atoms with Crippen LogP contribution in [-0.4, -0.2) is 31.3 Å². The quantitative estimate of drug-likeness (QED) is 0.422. The van der Waals surface area contributed by atoms with Crippen molar-refractivity contribution in [1.29, 1.82) is 0 Å². The molecule has 30 heavy (non-hydrogen) atoms. The minimum absolute atomic E-state index is 0.281. The van der Waals surface area contributed by atoms with Gasteiger partial charge in [0.25, 0.3) is 0 Å². The summed E-state index contributed by atoms with van der Waals surface area (Å²) in [6.45, 7) is 1.95. The third kappa shape index (κ3) is 4.67. The SMILES string of the molecule is COC(=O)c1cccc(NC(=S)Nc2sc(C)c(-c3ccccc3)c2C(=O)OC)c1. The average Bonchev–Trinajstić information content (AvgIpc) is 3.08. The number of ether oxygens (including phenoxy) is 2. The second-order valence-electron chi connectivity index (χ2n) is 6.25. The minimum Gasteiger partial charge on any atom is -0.465 e. The summed E-state index contributed by atoms with van der Waals surface area (Å²) in [5.74, 6) is -0.886. The number of hydrogen-bond acceptors (Lipinski definition) is 6. The van der Waals surface area contributed by atoms with E-state index in [1.54, 1.807) is 24.3 Å². The van der Waals surface area contributed by atoms with Gasteiger partial charge in [-0.2, -0.15) is 0 Å². The lowest BCUT2D eigenvalue weighted by molar-refractivity contribution is 0.0593. The molecule has 0 aliphatic heterocycles. The van der Waals surface area contributed by atoms with Crippen LogP contribution >= 0.6 is 23.6 Å². The van der Waals surface area contributed by atoms with Gasteiger partial charge in [0.05, 0.1) is 19.8 Å². The van der Waals surface area contributed by atoms with Crippen LogP contribution in [0.15, 0.2) is 54.6 Å². The summed E-state index contributed by atoms with van der Waals surface area (Å²) < 4.78 is 9.76. The van der Waals surface area contributed by atoms with Crippen molar-refractivity contribution in [2.24, 2.45) is 0 Å². The maximum absolute atomic E-state index is 12.6. The number of rotatable bonds is 5. The van der Waals surface area contributed by atoms with Crippen LogP contribution in [-0.2, 0) is 9.47 Å². The van der Waals surface area contributed by atoms with E-state index in [2.05, 4.69) is 10.6 Å². The van der Waals surface area contributed by atoms with Gasteiger partial charge < -0.3 is 20.1 Å². The Labute approximate surface area is 183 Å². The molecule has 154 valence electrons. The first-order valence-electron chi connectivity index (χ1n) is 8.98. The number of anilines is 2. The van der Waals surface area contributed by atoms with Gasteiger partial charge in [-0.3, -0.25) is 0 Å². The summed E-state index contributed by atoms with van der Waals surface area (Å²) in [6, 6.07) is 16.4. The zero-order valence-electron chi connectivity index (χ0n) is 16.6. The molecule has 0 radical (unpaired) electrons. The molecule has 0 atom stereocenters. The molecule has 2 aromatic carbocycles. The Balaban J connectivity index is 1.89. The summed E-state index contributed by atoms with van der Waals surface area (Å²) in [6.07, 6.45) is 0. The van der Waals surface area contributed by atoms with Crippen LogP contribution in [0.4, 0.5) is 10.7 Å². The molecule has 0 spiro atoms. The Morgan fingerprint density at radius 1 is 0.933 bits per heavy atom. The highest BCUT2D eigenvalue weighted by Gasteiger charge is 2.24. The molecule has 0 saturated carbocycles. The largest absolute Gasteiger partial charge is 0.465 e. The first-order chi connectivity index (χ1) is 14.4. The summed E-state index contributed by atoms with van der Waals surface area (Å²) >= 11 is 6.84. The summed E-state index contributed by atoms with van der Waals surface area (Å²) in [4.78, 5) is 25.2. The monoisotopic (exact) mass is 440 g/mol. The molecule has 2 N–H and O–H groups in total. The lowest BCUT2D eigenvalue weighted by Gasteiger charge is -2.12. The van der Waals surface area contributed by atoms with Crippen LogP contribution in [0.1, 0.15) is 25.6 Å². The molecule has 0 aliphatic rings. The van der Waals surface area contributed by atoms with Crippen LogP contribution < -0.4 is 10.6 Å². The number of carbonyl (C=O) groups is 2. The van der Waals surface area contributed by atoms with E-state index >= 15 is 0 Å². The molecule has 3 rings (SSSR count). The Morgan fingerprint density at radius 3 is 2.30 bits per heavy atom. The van der Waals surface area contributed by atoms with Crippen molar-refractivity contribution in [3.8, 4) is 11.1 Å². The van der Waals surface area contributed by atoms with Gasteiger partial charge in [-0.15, -0.1) is 11.3 Å². The number of methoxy groups -OCH3 is 2. The number of thiophene rings is 1. The number of aryl methyl sites for hydroxylation is 1. The van der Waals surface area contributed by atoms with E-state index in [9.17, 15) is 9.59 Å². The highest BCUT2D eigenvalue weighted by Crippen LogP contribution is 2.40. The van der Waals surface area contributed by atoms with E-state index in [0.29, 0.717) is 21.8 Å². The topological polar surface area (TPSA) is 76.7 Å². The molecule has 0 amide bonds. The molecule has 1 heterocycles. The molecule has 3 aromatic rings. The fraction of sp³-hybridized carbons (Fsp3) is 0.136. The predicted molar refractivity (Wildman–Crippen MR) is 123 cm³/mol. The lowest BCUT2D eigenvalue weighted by Crippen LogP contribution is -2.20. The third-order valence-corrected chi connectivity index (χ3v) is 5.53. The Morgan fingerprint density at radius 2 is 1.63 bits per heavy atom. The second-order valence-corrected chi connectivity index (χ2v) is 7.88. The van der Waals surface area contributed by atoms with Gasteiger partial charge in [0.1, 0.15) is 10.6 Å². The zero-order chi connectivity index (χ0) is 21.7. The van der Waals surface area contributed by atoms with Crippen molar-refractivity contribution in [3.63, 3.8) is 0 Å². The number of esters is 2. The number of benzene rings is 2. The summed E-state index contributed by atoms with van der Waals surface area (Å²) in [7, 11) is 2.68. The number of nitrogens with one attached hydrogen (secondary N) is 2. The molecule has 8 heteroatoms. The molecule has 0 unspecified atom stereocenters. The Bertz CT molecular complexity index is 1090. The van der Waals surface area contributed by atoms with E-state index in [-0.39, 0.29) is 5.11 Å². The predicted octanol–water partition coefficient (Wildman–Crippen LogP) is 5.11. The normalized spacial score (nSPS) is 10.2. The van der Waals surface area contributed by atoms with E-state index < -0.39 is 11.9 Å². The van der Waals surface area contributed by atoms with Crippen LogP contribution in [0.3, 0.4) is 0 Å². The number of hydrogen-bond donors (Lipinski definition) is 2. The molecule has 0 bridgehead atoms. The fourth-order valence-corrected chi connectivity index (χ4v) is 4.34. The number of carbonyl (C=O) groups excluding carboxylic acids is 2. The van der Waals surface area contributed by atoms with E-state index in [4.69, 9.17) is 21.7 Å². The highest BCUT2D eigenvalue weighted by atomic mass is 32.1. The van der Waals surface area contributed by atoms with Crippen molar-refractivity contribution in [3.05, 3.63) is 70.6 Å². The fourth-order valence-electron chi connectivity index (χ4n) is 2.99. The molecule has 6 nitrogen and oxygen atoms in total. The van der Waals surface area contributed by atoms with Crippen LogP contribution in [0, 0.1) is 6.92 Å².